The highest BCUT2D eigenvalue weighted by Gasteiger charge is 1.95. The molecule has 0 N–H and O–H groups in total. The fourth-order valence-electron chi connectivity index (χ4n) is 1.08. The van der Waals surface area contributed by atoms with Crippen LogP contribution in [-0.2, 0) is 6.42 Å². The van der Waals surface area contributed by atoms with Gasteiger partial charge in [-0.15, -0.1) is 0 Å². The van der Waals surface area contributed by atoms with Gasteiger partial charge in [-0.05, 0) is 30.5 Å². The van der Waals surface area contributed by atoms with Crippen LogP contribution in [0.1, 0.15) is 12.0 Å². The monoisotopic (exact) mass is 258 g/mol. The predicted molar refractivity (Wildman–Crippen MR) is 56.3 cm³/mol. The van der Waals surface area contributed by atoms with E-state index in [-0.39, 0.29) is 0 Å². The second kappa shape index (κ2) is 5.74. The SMILES string of the molecule is FC(F)=C=CCCc1ccccc1Br. The van der Waals surface area contributed by atoms with Crippen molar-refractivity contribution in [3.63, 3.8) is 0 Å². The summed E-state index contributed by atoms with van der Waals surface area (Å²) in [6.07, 6.45) is 0.897. The number of allylic oxidation sites excluding steroid dienone is 1. The molecule has 0 nitrogen and oxygen atoms in total. The van der Waals surface area contributed by atoms with E-state index in [1.54, 1.807) is 0 Å². The molecule has 0 unspecified atom stereocenters. The minimum absolute atomic E-state index is 0.569. The van der Waals surface area contributed by atoms with E-state index in [1.165, 1.54) is 6.08 Å². The van der Waals surface area contributed by atoms with Crippen LogP contribution in [0.5, 0.6) is 0 Å². The molecule has 0 aromatic heterocycles. The largest absolute Gasteiger partial charge is 0.312 e. The van der Waals surface area contributed by atoms with Gasteiger partial charge < -0.3 is 0 Å². The fraction of sp³-hybridized carbons (Fsp3) is 0.182. The molecule has 0 radical (unpaired) electrons. The maximum Gasteiger partial charge on any atom is 0.312 e. The van der Waals surface area contributed by atoms with E-state index in [4.69, 9.17) is 0 Å². The number of aryl methyl sites for hydroxylation is 1. The van der Waals surface area contributed by atoms with Gasteiger partial charge in [-0.1, -0.05) is 39.9 Å². The first-order chi connectivity index (χ1) is 6.70. The van der Waals surface area contributed by atoms with Gasteiger partial charge in [-0.2, -0.15) is 8.78 Å². The highest BCUT2D eigenvalue weighted by molar-refractivity contribution is 9.10. The maximum absolute atomic E-state index is 11.6. The number of hydrogen-bond donors (Lipinski definition) is 0. The molecular weight excluding hydrogens is 250 g/mol. The van der Waals surface area contributed by atoms with Crippen molar-refractivity contribution in [2.75, 3.05) is 0 Å². The Kier molecular flexibility index (Phi) is 4.57. The van der Waals surface area contributed by atoms with Crippen molar-refractivity contribution in [3.05, 3.63) is 52.2 Å². The average Bonchev–Trinajstić information content (AvgIpc) is 2.15. The van der Waals surface area contributed by atoms with Gasteiger partial charge in [0.2, 0.25) is 0 Å². The summed E-state index contributed by atoms with van der Waals surface area (Å²) in [6.45, 7) is 0. The second-order valence-electron chi connectivity index (χ2n) is 2.74. The van der Waals surface area contributed by atoms with Crippen LogP contribution in [0.4, 0.5) is 8.78 Å². The Hall–Kier alpha value is -0.920. The van der Waals surface area contributed by atoms with E-state index in [1.807, 2.05) is 30.0 Å². The Morgan fingerprint density at radius 3 is 2.71 bits per heavy atom. The molecule has 0 aliphatic heterocycles. The van der Waals surface area contributed by atoms with Crippen LogP contribution in [0.3, 0.4) is 0 Å². The van der Waals surface area contributed by atoms with Crippen LogP contribution < -0.4 is 0 Å². The Morgan fingerprint density at radius 1 is 1.36 bits per heavy atom. The van der Waals surface area contributed by atoms with Gasteiger partial charge in [-0.25, -0.2) is 0 Å². The lowest BCUT2D eigenvalue weighted by Gasteiger charge is -1.99. The molecule has 0 aliphatic rings. The van der Waals surface area contributed by atoms with E-state index in [0.717, 1.165) is 16.5 Å². The van der Waals surface area contributed by atoms with Crippen molar-refractivity contribution >= 4 is 15.9 Å². The highest BCUT2D eigenvalue weighted by atomic mass is 79.9. The van der Waals surface area contributed by atoms with E-state index in [9.17, 15) is 8.78 Å². The van der Waals surface area contributed by atoms with Crippen LogP contribution in [0.25, 0.3) is 0 Å². The number of benzene rings is 1. The summed E-state index contributed by atoms with van der Waals surface area (Å²) >= 11 is 3.39. The van der Waals surface area contributed by atoms with Crippen molar-refractivity contribution in [1.82, 2.24) is 0 Å². The van der Waals surface area contributed by atoms with Crippen LogP contribution in [0.2, 0.25) is 0 Å². The summed E-state index contributed by atoms with van der Waals surface area (Å²) in [6, 6.07) is 7.75. The Bertz CT molecular complexity index is 361. The lowest BCUT2D eigenvalue weighted by atomic mass is 10.1. The molecule has 0 saturated carbocycles. The third kappa shape index (κ3) is 3.86. The van der Waals surface area contributed by atoms with Crippen molar-refractivity contribution < 1.29 is 8.78 Å². The van der Waals surface area contributed by atoms with Gasteiger partial charge in [0.05, 0.1) is 0 Å². The van der Waals surface area contributed by atoms with Crippen LogP contribution >= 0.6 is 15.9 Å². The molecule has 3 heteroatoms. The quantitative estimate of drug-likeness (QED) is 0.709. The summed E-state index contributed by atoms with van der Waals surface area (Å²) in [4.78, 5) is 0. The lowest BCUT2D eigenvalue weighted by Crippen LogP contribution is -1.83. The minimum atomic E-state index is -1.77. The molecular formula is C11H9BrF2. The Balaban J connectivity index is 2.55. The van der Waals surface area contributed by atoms with E-state index in [0.29, 0.717) is 6.42 Å². The maximum atomic E-state index is 11.6. The zero-order chi connectivity index (χ0) is 10.4. The zero-order valence-corrected chi connectivity index (χ0v) is 9.02. The predicted octanol–water partition coefficient (Wildman–Crippen LogP) is 4.32. The highest BCUT2D eigenvalue weighted by Crippen LogP contribution is 2.17. The van der Waals surface area contributed by atoms with Gasteiger partial charge >= 0.3 is 6.08 Å². The topological polar surface area (TPSA) is 0 Å². The molecule has 0 spiro atoms. The normalized spacial score (nSPS) is 9.36. The van der Waals surface area contributed by atoms with E-state index in [2.05, 4.69) is 15.9 Å². The summed E-state index contributed by atoms with van der Waals surface area (Å²) < 4.78 is 24.2. The molecule has 1 aromatic rings. The molecule has 0 amide bonds. The molecule has 14 heavy (non-hydrogen) atoms. The summed E-state index contributed by atoms with van der Waals surface area (Å²) in [5.74, 6) is 0. The number of hydrogen-bond acceptors (Lipinski definition) is 0. The fourth-order valence-corrected chi connectivity index (χ4v) is 1.56. The van der Waals surface area contributed by atoms with E-state index < -0.39 is 6.08 Å². The summed E-state index contributed by atoms with van der Waals surface area (Å²) in [7, 11) is 0. The molecule has 74 valence electrons. The van der Waals surface area contributed by atoms with Crippen LogP contribution in [0.15, 0.2) is 46.6 Å². The lowest BCUT2D eigenvalue weighted by molar-refractivity contribution is 0.423. The molecule has 0 heterocycles. The van der Waals surface area contributed by atoms with Crippen molar-refractivity contribution in [2.24, 2.45) is 0 Å². The summed E-state index contributed by atoms with van der Waals surface area (Å²) in [5.41, 5.74) is 2.99. The van der Waals surface area contributed by atoms with Crippen molar-refractivity contribution in [2.45, 2.75) is 12.8 Å². The van der Waals surface area contributed by atoms with Gasteiger partial charge in [-0.3, -0.25) is 0 Å². The smallest absolute Gasteiger partial charge is 0.164 e. The van der Waals surface area contributed by atoms with Crippen LogP contribution in [0, 0.1) is 0 Å². The first-order valence-electron chi connectivity index (χ1n) is 4.19. The number of halogens is 3. The van der Waals surface area contributed by atoms with Crippen LogP contribution in [-0.4, -0.2) is 0 Å². The first kappa shape index (κ1) is 11.2. The molecule has 0 saturated heterocycles. The molecule has 0 aliphatic carbocycles. The molecule has 1 rings (SSSR count). The molecule has 0 bridgehead atoms. The number of rotatable bonds is 3. The molecule has 0 fully saturated rings. The van der Waals surface area contributed by atoms with Crippen molar-refractivity contribution in [1.29, 1.82) is 0 Å². The van der Waals surface area contributed by atoms with Crippen molar-refractivity contribution in [3.8, 4) is 0 Å². The first-order valence-corrected chi connectivity index (χ1v) is 4.99. The van der Waals surface area contributed by atoms with E-state index >= 15 is 0 Å². The van der Waals surface area contributed by atoms with Gasteiger partial charge in [0.25, 0.3) is 0 Å². The van der Waals surface area contributed by atoms with Gasteiger partial charge in [0.1, 0.15) is 0 Å². The zero-order valence-electron chi connectivity index (χ0n) is 7.43. The third-order valence-electron chi connectivity index (χ3n) is 1.73. The summed E-state index contributed by atoms with van der Waals surface area (Å²) in [5, 5.41) is 0. The molecule has 1 aromatic carbocycles. The Labute approximate surface area is 90.1 Å². The third-order valence-corrected chi connectivity index (χ3v) is 2.50. The van der Waals surface area contributed by atoms with Gasteiger partial charge in [0.15, 0.2) is 0 Å². The Morgan fingerprint density at radius 2 is 2.07 bits per heavy atom. The second-order valence-corrected chi connectivity index (χ2v) is 3.59. The standard InChI is InChI=1S/C11H9BrF2/c12-10-7-3-1-5-9(10)6-2-4-8-11(13)14/h1,3-5,7H,2,6H2. The molecule has 0 atom stereocenters. The average molecular weight is 259 g/mol. The minimum Gasteiger partial charge on any atom is -0.164 e. The van der Waals surface area contributed by atoms with Gasteiger partial charge in [0, 0.05) is 4.47 Å².